The fourth-order valence-electron chi connectivity index (χ4n) is 3.42. The predicted molar refractivity (Wildman–Crippen MR) is 98.5 cm³/mol. The van der Waals surface area contributed by atoms with E-state index in [9.17, 15) is 14.4 Å². The molecule has 7 heteroatoms. The first-order valence-corrected chi connectivity index (χ1v) is 9.03. The van der Waals surface area contributed by atoms with Crippen LogP contribution in [-0.2, 0) is 9.53 Å². The van der Waals surface area contributed by atoms with Crippen molar-refractivity contribution in [1.29, 1.82) is 0 Å². The van der Waals surface area contributed by atoms with E-state index >= 15 is 0 Å². The average Bonchev–Trinajstić information content (AvgIpc) is 2.93. The number of hydrogen-bond donors (Lipinski definition) is 0. The minimum atomic E-state index is -0.431. The van der Waals surface area contributed by atoms with E-state index in [1.54, 1.807) is 35.2 Å². The minimum absolute atomic E-state index is 0.276. The van der Waals surface area contributed by atoms with Crippen molar-refractivity contribution in [2.75, 3.05) is 26.2 Å². The first kappa shape index (κ1) is 17.7. The van der Waals surface area contributed by atoms with Crippen LogP contribution in [0, 0.1) is 0 Å². The lowest BCUT2D eigenvalue weighted by Gasteiger charge is -2.34. The molecule has 1 saturated heterocycles. The molecule has 138 valence electrons. The second kappa shape index (κ2) is 7.13. The van der Waals surface area contributed by atoms with E-state index < -0.39 is 11.8 Å². The average molecular weight is 385 g/mol. The maximum Gasteiger partial charge on any atom is 0.262 e. The number of fused-ring (bicyclic) bond motifs is 1. The first-order chi connectivity index (χ1) is 13.1. The Labute approximate surface area is 161 Å². The summed E-state index contributed by atoms with van der Waals surface area (Å²) in [5, 5.41) is 0.581. The molecule has 2 aromatic carbocycles. The van der Waals surface area contributed by atoms with Crippen molar-refractivity contribution >= 4 is 29.3 Å². The van der Waals surface area contributed by atoms with E-state index in [1.807, 2.05) is 18.2 Å². The van der Waals surface area contributed by atoms with Gasteiger partial charge in [-0.3, -0.25) is 19.3 Å². The van der Waals surface area contributed by atoms with Gasteiger partial charge in [-0.25, -0.2) is 0 Å². The summed E-state index contributed by atoms with van der Waals surface area (Å²) in [5.74, 6) is -1.15. The highest BCUT2D eigenvalue weighted by atomic mass is 35.5. The summed E-state index contributed by atoms with van der Waals surface area (Å²) < 4.78 is 5.76. The zero-order valence-corrected chi connectivity index (χ0v) is 15.2. The lowest BCUT2D eigenvalue weighted by molar-refractivity contribution is -0.139. The molecule has 0 saturated carbocycles. The maximum atomic E-state index is 12.7. The number of ether oxygens (including phenoxy) is 1. The molecule has 1 atom stereocenters. The lowest BCUT2D eigenvalue weighted by atomic mass is 10.1. The Morgan fingerprint density at radius 1 is 1.04 bits per heavy atom. The van der Waals surface area contributed by atoms with E-state index in [0.29, 0.717) is 35.8 Å². The molecule has 4 rings (SSSR count). The van der Waals surface area contributed by atoms with Gasteiger partial charge in [0.1, 0.15) is 12.6 Å². The number of morpholine rings is 1. The highest BCUT2D eigenvalue weighted by molar-refractivity contribution is 6.31. The largest absolute Gasteiger partial charge is 0.370 e. The van der Waals surface area contributed by atoms with Crippen LogP contribution < -0.4 is 0 Å². The summed E-state index contributed by atoms with van der Waals surface area (Å²) in [4.78, 5) is 40.3. The van der Waals surface area contributed by atoms with Gasteiger partial charge in [0.2, 0.25) is 5.91 Å². The molecular formula is C20H17ClN2O4. The van der Waals surface area contributed by atoms with E-state index in [1.165, 1.54) is 0 Å². The molecule has 0 aliphatic carbocycles. The molecule has 0 bridgehead atoms. The van der Waals surface area contributed by atoms with Crippen LogP contribution in [0.4, 0.5) is 0 Å². The molecule has 1 unspecified atom stereocenters. The van der Waals surface area contributed by atoms with E-state index in [0.717, 1.165) is 10.5 Å². The molecule has 1 fully saturated rings. The predicted octanol–water partition coefficient (Wildman–Crippen LogP) is 2.54. The van der Waals surface area contributed by atoms with E-state index in [4.69, 9.17) is 16.3 Å². The fourth-order valence-corrected chi connectivity index (χ4v) is 3.68. The van der Waals surface area contributed by atoms with Gasteiger partial charge in [-0.2, -0.15) is 0 Å². The van der Waals surface area contributed by atoms with Crippen molar-refractivity contribution in [1.82, 2.24) is 9.80 Å². The van der Waals surface area contributed by atoms with E-state index in [-0.39, 0.29) is 18.6 Å². The quantitative estimate of drug-likeness (QED) is 0.763. The van der Waals surface area contributed by atoms with Crippen LogP contribution in [0.2, 0.25) is 5.02 Å². The van der Waals surface area contributed by atoms with Crippen LogP contribution in [0.1, 0.15) is 32.4 Å². The van der Waals surface area contributed by atoms with Crippen molar-refractivity contribution in [2.24, 2.45) is 0 Å². The Kier molecular flexibility index (Phi) is 4.68. The van der Waals surface area contributed by atoms with Crippen LogP contribution in [0.3, 0.4) is 0 Å². The molecule has 0 aromatic heterocycles. The summed E-state index contributed by atoms with van der Waals surface area (Å²) in [6.07, 6.45) is -0.335. The topological polar surface area (TPSA) is 66.9 Å². The number of imide groups is 1. The minimum Gasteiger partial charge on any atom is -0.370 e. The van der Waals surface area contributed by atoms with Gasteiger partial charge in [0.05, 0.1) is 24.3 Å². The van der Waals surface area contributed by atoms with Gasteiger partial charge >= 0.3 is 0 Å². The van der Waals surface area contributed by atoms with Crippen LogP contribution in [-0.4, -0.2) is 53.8 Å². The molecule has 0 spiro atoms. The third-order valence-electron chi connectivity index (χ3n) is 4.84. The van der Waals surface area contributed by atoms with Gasteiger partial charge in [-0.1, -0.05) is 41.9 Å². The van der Waals surface area contributed by atoms with Crippen molar-refractivity contribution in [2.45, 2.75) is 6.10 Å². The zero-order chi connectivity index (χ0) is 19.0. The zero-order valence-electron chi connectivity index (χ0n) is 14.4. The molecule has 3 amide bonds. The van der Waals surface area contributed by atoms with Gasteiger partial charge in [0, 0.05) is 17.1 Å². The van der Waals surface area contributed by atoms with Crippen molar-refractivity contribution in [3.05, 3.63) is 70.2 Å². The number of amides is 3. The Morgan fingerprint density at radius 3 is 2.33 bits per heavy atom. The molecule has 2 heterocycles. The van der Waals surface area contributed by atoms with Gasteiger partial charge in [0.15, 0.2) is 0 Å². The van der Waals surface area contributed by atoms with Gasteiger partial charge < -0.3 is 9.64 Å². The van der Waals surface area contributed by atoms with Crippen molar-refractivity contribution in [3.8, 4) is 0 Å². The van der Waals surface area contributed by atoms with Crippen molar-refractivity contribution < 1.29 is 19.1 Å². The number of carbonyl (C=O) groups excluding carboxylic acids is 3. The molecule has 6 nitrogen and oxygen atoms in total. The molecular weight excluding hydrogens is 368 g/mol. The van der Waals surface area contributed by atoms with Crippen LogP contribution in [0.15, 0.2) is 48.5 Å². The maximum absolute atomic E-state index is 12.7. The smallest absolute Gasteiger partial charge is 0.262 e. The summed E-state index contributed by atoms with van der Waals surface area (Å²) in [6.45, 7) is 0.819. The molecule has 0 N–H and O–H groups in total. The van der Waals surface area contributed by atoms with Crippen LogP contribution in [0.25, 0.3) is 0 Å². The second-order valence-electron chi connectivity index (χ2n) is 6.46. The second-order valence-corrected chi connectivity index (χ2v) is 6.87. The van der Waals surface area contributed by atoms with Gasteiger partial charge in [-0.05, 0) is 18.2 Å². The van der Waals surface area contributed by atoms with E-state index in [2.05, 4.69) is 0 Å². The molecule has 2 aliphatic heterocycles. The number of nitrogens with zero attached hydrogens (tertiary/aromatic N) is 2. The summed E-state index contributed by atoms with van der Waals surface area (Å²) in [5.41, 5.74) is 1.50. The monoisotopic (exact) mass is 384 g/mol. The molecule has 27 heavy (non-hydrogen) atoms. The number of benzene rings is 2. The Morgan fingerprint density at radius 2 is 1.67 bits per heavy atom. The lowest BCUT2D eigenvalue weighted by Crippen LogP contribution is -2.47. The molecule has 2 aromatic rings. The molecule has 0 radical (unpaired) electrons. The highest BCUT2D eigenvalue weighted by Gasteiger charge is 2.37. The van der Waals surface area contributed by atoms with Crippen molar-refractivity contribution in [3.63, 3.8) is 0 Å². The Bertz CT molecular complexity index is 895. The van der Waals surface area contributed by atoms with Crippen LogP contribution in [0.5, 0.6) is 0 Å². The summed E-state index contributed by atoms with van der Waals surface area (Å²) >= 11 is 6.23. The summed E-state index contributed by atoms with van der Waals surface area (Å²) in [6, 6.07) is 13.9. The Hall–Kier alpha value is -2.70. The number of carbonyl (C=O) groups is 3. The standard InChI is InChI=1S/C20H17ClN2O4/c21-16-8-4-3-7-15(16)17-11-22(9-10-27-17)18(24)12-23-19(25)13-5-1-2-6-14(13)20(23)26/h1-8,17H,9-12H2. The third kappa shape index (κ3) is 3.22. The fraction of sp³-hybridized carbons (Fsp3) is 0.250. The normalized spacial score (nSPS) is 19.4. The number of rotatable bonds is 3. The third-order valence-corrected chi connectivity index (χ3v) is 5.19. The highest BCUT2D eigenvalue weighted by Crippen LogP contribution is 2.29. The van der Waals surface area contributed by atoms with Gasteiger partial charge in [0.25, 0.3) is 11.8 Å². The number of hydrogen-bond acceptors (Lipinski definition) is 4. The number of halogens is 1. The SMILES string of the molecule is O=C(CN1C(=O)c2ccccc2C1=O)N1CCOC(c2ccccc2Cl)C1. The van der Waals surface area contributed by atoms with Gasteiger partial charge in [-0.15, -0.1) is 0 Å². The molecule has 2 aliphatic rings. The Balaban J connectivity index is 1.47. The van der Waals surface area contributed by atoms with Crippen LogP contribution >= 0.6 is 11.6 Å². The first-order valence-electron chi connectivity index (χ1n) is 8.65. The summed E-state index contributed by atoms with van der Waals surface area (Å²) in [7, 11) is 0.